The van der Waals surface area contributed by atoms with Crippen LogP contribution in [-0.4, -0.2) is 6.85 Å². The molecule has 2 aliphatic rings. The lowest BCUT2D eigenvalue weighted by Crippen LogP contribution is -2.61. The van der Waals surface area contributed by atoms with E-state index in [1.165, 1.54) is 83.7 Å². The van der Waals surface area contributed by atoms with Crippen molar-refractivity contribution < 1.29 is 4.42 Å². The van der Waals surface area contributed by atoms with E-state index in [2.05, 4.69) is 195 Å². The first-order valence-electron chi connectivity index (χ1n) is 19.5. The van der Waals surface area contributed by atoms with Gasteiger partial charge in [0, 0.05) is 50.8 Å². The number of fused-ring (bicyclic) bond motifs is 8. The van der Waals surface area contributed by atoms with Gasteiger partial charge in [0.1, 0.15) is 11.2 Å². The van der Waals surface area contributed by atoms with Crippen LogP contribution >= 0.6 is 0 Å². The lowest BCUT2D eigenvalue weighted by Gasteiger charge is -2.46. The van der Waals surface area contributed by atoms with Crippen molar-refractivity contribution in [1.29, 1.82) is 0 Å². The maximum atomic E-state index is 6.86. The molecule has 3 heterocycles. The van der Waals surface area contributed by atoms with Gasteiger partial charge in [0.2, 0.25) is 0 Å². The largest absolute Gasteiger partial charge is 0.456 e. The quantitative estimate of drug-likeness (QED) is 0.167. The Labute approximate surface area is 321 Å². The van der Waals surface area contributed by atoms with Gasteiger partial charge in [-0.15, -0.1) is 0 Å². The summed E-state index contributed by atoms with van der Waals surface area (Å²) in [6.45, 7) is 25.3. The average Bonchev–Trinajstić information content (AvgIpc) is 3.48. The smallest absolute Gasteiger partial charge is 0.333 e. The molecular formula is C50H51BN2O. The summed E-state index contributed by atoms with van der Waals surface area (Å²) in [5.41, 5.74) is 19.3. The summed E-state index contributed by atoms with van der Waals surface area (Å²) in [5.74, 6) is 0. The summed E-state index contributed by atoms with van der Waals surface area (Å²) >= 11 is 0. The van der Waals surface area contributed by atoms with E-state index in [4.69, 9.17) is 4.42 Å². The van der Waals surface area contributed by atoms with Crippen molar-refractivity contribution in [3.63, 3.8) is 0 Å². The summed E-state index contributed by atoms with van der Waals surface area (Å²) in [5, 5.41) is 2.35. The second-order valence-corrected chi connectivity index (χ2v) is 18.9. The van der Waals surface area contributed by atoms with E-state index in [1.54, 1.807) is 0 Å². The monoisotopic (exact) mass is 706 g/mol. The number of nitrogens with zero attached hydrogens (tertiary/aromatic N) is 2. The van der Waals surface area contributed by atoms with E-state index in [-0.39, 0.29) is 23.1 Å². The lowest BCUT2D eigenvalue weighted by atomic mass is 9.43. The Kier molecular flexibility index (Phi) is 7.45. The molecule has 0 saturated heterocycles. The van der Waals surface area contributed by atoms with Gasteiger partial charge in [0.15, 0.2) is 0 Å². The predicted molar refractivity (Wildman–Crippen MR) is 233 cm³/mol. The summed E-state index contributed by atoms with van der Waals surface area (Å²) < 4.78 is 6.86. The van der Waals surface area contributed by atoms with Crippen LogP contribution in [0.3, 0.4) is 0 Å². The van der Waals surface area contributed by atoms with Crippen LogP contribution in [0.4, 0.5) is 28.4 Å². The highest BCUT2D eigenvalue weighted by Crippen LogP contribution is 2.51. The van der Waals surface area contributed by atoms with Crippen molar-refractivity contribution in [2.45, 2.75) is 92.4 Å². The van der Waals surface area contributed by atoms with Crippen LogP contribution < -0.4 is 20.6 Å². The first kappa shape index (κ1) is 34.5. The highest BCUT2D eigenvalue weighted by atomic mass is 16.3. The summed E-state index contributed by atoms with van der Waals surface area (Å²) in [7, 11) is 0. The van der Waals surface area contributed by atoms with Gasteiger partial charge in [-0.05, 0) is 112 Å². The third-order valence-electron chi connectivity index (χ3n) is 11.8. The number of para-hydroxylation sites is 1. The van der Waals surface area contributed by atoms with Gasteiger partial charge in [-0.25, -0.2) is 0 Å². The Morgan fingerprint density at radius 2 is 1.17 bits per heavy atom. The molecule has 7 aromatic rings. The molecule has 270 valence electrons. The van der Waals surface area contributed by atoms with Crippen molar-refractivity contribution in [3.05, 3.63) is 137 Å². The predicted octanol–water partition coefficient (Wildman–Crippen LogP) is 12.8. The fourth-order valence-electron chi connectivity index (χ4n) is 8.70. The molecule has 0 spiro atoms. The normalized spacial score (nSPS) is 14.1. The number of aryl methyl sites for hydroxylation is 2. The van der Waals surface area contributed by atoms with Crippen molar-refractivity contribution >= 4 is 68.1 Å². The number of benzene rings is 6. The lowest BCUT2D eigenvalue weighted by molar-refractivity contribution is 0.569. The molecule has 0 bridgehead atoms. The highest BCUT2D eigenvalue weighted by Gasteiger charge is 2.46. The van der Waals surface area contributed by atoms with Gasteiger partial charge in [0.05, 0.1) is 0 Å². The first-order valence-corrected chi connectivity index (χ1v) is 19.5. The van der Waals surface area contributed by atoms with E-state index in [0.29, 0.717) is 0 Å². The minimum Gasteiger partial charge on any atom is -0.456 e. The molecule has 6 aromatic carbocycles. The zero-order valence-electron chi connectivity index (χ0n) is 33.8. The van der Waals surface area contributed by atoms with Crippen molar-refractivity contribution in [1.82, 2.24) is 0 Å². The molecule has 0 N–H and O–H groups in total. The summed E-state index contributed by atoms with van der Waals surface area (Å²) in [6.07, 6.45) is 0. The maximum absolute atomic E-state index is 6.86. The number of rotatable bonds is 2. The number of anilines is 5. The Morgan fingerprint density at radius 1 is 0.519 bits per heavy atom. The molecule has 3 nitrogen and oxygen atoms in total. The Balaban J connectivity index is 1.49. The second-order valence-electron chi connectivity index (χ2n) is 18.9. The standard InChI is InChI=1S/C50H51BN2O/c1-30-16-20-35(21-17-30)53-40-23-18-31(2)24-38(40)46-45-37-14-12-13-15-43(37)54-44(45)29-42-47(46)51(53)39-22-19-32(48(3,4)5)28-41(39)52(42)36-26-33(49(6,7)8)25-34(27-36)50(9,10)11/h12-29H,1-11H3. The zero-order valence-corrected chi connectivity index (χ0v) is 33.8. The Bertz CT molecular complexity index is 2610. The fraction of sp³-hybridized carbons (Fsp3) is 0.280. The zero-order chi connectivity index (χ0) is 38.1. The third-order valence-corrected chi connectivity index (χ3v) is 11.8. The molecule has 2 aliphatic heterocycles. The topological polar surface area (TPSA) is 19.6 Å². The van der Waals surface area contributed by atoms with Gasteiger partial charge in [-0.1, -0.05) is 128 Å². The van der Waals surface area contributed by atoms with Crippen LogP contribution in [0.5, 0.6) is 0 Å². The van der Waals surface area contributed by atoms with Crippen LogP contribution in [0.1, 0.15) is 90.1 Å². The SMILES string of the molecule is Cc1ccc(N2B3c4ccc(C(C)(C)C)cc4N(c4cc(C(C)(C)C)cc(C(C)(C)C)c4)c4cc5oc6ccccc6c5c(c43)-c3cc(C)ccc32)cc1. The van der Waals surface area contributed by atoms with Crippen molar-refractivity contribution in [2.75, 3.05) is 9.71 Å². The average molecular weight is 707 g/mol. The molecule has 0 unspecified atom stereocenters. The molecule has 1 aromatic heterocycles. The van der Waals surface area contributed by atoms with Crippen LogP contribution in [0.25, 0.3) is 33.1 Å². The van der Waals surface area contributed by atoms with Crippen LogP contribution in [-0.2, 0) is 16.2 Å². The molecule has 0 aliphatic carbocycles. The van der Waals surface area contributed by atoms with Crippen molar-refractivity contribution in [2.24, 2.45) is 0 Å². The molecule has 0 atom stereocenters. The van der Waals surface area contributed by atoms with E-state index >= 15 is 0 Å². The van der Waals surface area contributed by atoms with Gasteiger partial charge >= 0.3 is 6.85 Å². The van der Waals surface area contributed by atoms with Crippen molar-refractivity contribution in [3.8, 4) is 11.1 Å². The van der Waals surface area contributed by atoms with Gasteiger partial charge in [-0.2, -0.15) is 0 Å². The van der Waals surface area contributed by atoms with E-state index in [9.17, 15) is 0 Å². The molecular weight excluding hydrogens is 655 g/mol. The van der Waals surface area contributed by atoms with E-state index < -0.39 is 0 Å². The number of hydrogen-bond donors (Lipinski definition) is 0. The molecule has 54 heavy (non-hydrogen) atoms. The molecule has 4 heteroatoms. The van der Waals surface area contributed by atoms with Gasteiger partial charge in [0.25, 0.3) is 0 Å². The summed E-state index contributed by atoms with van der Waals surface area (Å²) in [6, 6.07) is 41.6. The van der Waals surface area contributed by atoms with E-state index in [0.717, 1.165) is 16.6 Å². The Morgan fingerprint density at radius 3 is 1.83 bits per heavy atom. The minimum absolute atomic E-state index is 0.0357. The number of furan rings is 1. The summed E-state index contributed by atoms with van der Waals surface area (Å²) in [4.78, 5) is 5.18. The van der Waals surface area contributed by atoms with Gasteiger partial charge in [-0.3, -0.25) is 0 Å². The molecule has 0 radical (unpaired) electrons. The van der Waals surface area contributed by atoms with Crippen LogP contribution in [0.15, 0.2) is 114 Å². The molecule has 0 amide bonds. The highest BCUT2D eigenvalue weighted by molar-refractivity contribution is 6.94. The fourth-order valence-corrected chi connectivity index (χ4v) is 8.70. The Hall–Kier alpha value is -5.22. The van der Waals surface area contributed by atoms with Crippen LogP contribution in [0, 0.1) is 13.8 Å². The second kappa shape index (κ2) is 11.6. The van der Waals surface area contributed by atoms with E-state index in [1.807, 2.05) is 0 Å². The molecule has 9 rings (SSSR count). The van der Waals surface area contributed by atoms with Crippen LogP contribution in [0.2, 0.25) is 0 Å². The maximum Gasteiger partial charge on any atom is 0.333 e. The van der Waals surface area contributed by atoms with Gasteiger partial charge < -0.3 is 14.1 Å². The minimum atomic E-state index is -0.0703. The number of hydrogen-bond acceptors (Lipinski definition) is 3. The molecule has 0 saturated carbocycles. The third kappa shape index (κ3) is 5.32. The first-order chi connectivity index (χ1) is 25.5. The molecule has 0 fully saturated rings.